The van der Waals surface area contributed by atoms with Crippen molar-refractivity contribution in [2.45, 2.75) is 64.8 Å². The van der Waals surface area contributed by atoms with Gasteiger partial charge in [-0.25, -0.2) is 0 Å². The molecule has 3 aliphatic rings. The number of fused-ring (bicyclic) bond motifs is 6. The molecule has 0 saturated carbocycles. The molecule has 1 fully saturated rings. The van der Waals surface area contributed by atoms with Gasteiger partial charge in [0.2, 0.25) is 0 Å². The van der Waals surface area contributed by atoms with Crippen LogP contribution in [0.1, 0.15) is 58.2 Å². The molecule has 7 rings (SSSR count). The summed E-state index contributed by atoms with van der Waals surface area (Å²) >= 11 is 0. The lowest BCUT2D eigenvalue weighted by molar-refractivity contribution is 0.00578. The van der Waals surface area contributed by atoms with Gasteiger partial charge < -0.3 is 14.0 Å². The second-order valence-corrected chi connectivity index (χ2v) is 12.4. The molecule has 0 radical (unpaired) electrons. The summed E-state index contributed by atoms with van der Waals surface area (Å²) in [5.41, 5.74) is 11.6. The number of hydrogen-bond acceptors (Lipinski definition) is 3. The highest BCUT2D eigenvalue weighted by atomic mass is 16.7. The third-order valence-corrected chi connectivity index (χ3v) is 9.28. The van der Waals surface area contributed by atoms with Gasteiger partial charge in [-0.3, -0.25) is 0 Å². The lowest BCUT2D eigenvalue weighted by atomic mass is 9.73. The van der Waals surface area contributed by atoms with Crippen LogP contribution in [0.25, 0.3) is 33.4 Å². The molecular weight excluding hydrogens is 467 g/mol. The van der Waals surface area contributed by atoms with Crippen molar-refractivity contribution in [1.29, 1.82) is 0 Å². The van der Waals surface area contributed by atoms with E-state index >= 15 is 0 Å². The standard InChI is InChI=1S/C34H33BO3/c1-32(2)28-12-8-7-10-24(28)25-16-14-21(18-29(25)32)22-15-17-26-23-11-9-13-30(27(23)20-36-31(26)19-22)35-37-33(3,4)34(5,6)38-35/h7-19H,20H2,1-6H3. The van der Waals surface area contributed by atoms with Crippen LogP contribution < -0.4 is 10.2 Å². The summed E-state index contributed by atoms with van der Waals surface area (Å²) in [5.74, 6) is 0.920. The van der Waals surface area contributed by atoms with Crippen molar-refractivity contribution < 1.29 is 14.0 Å². The zero-order valence-corrected chi connectivity index (χ0v) is 23.0. The number of benzene rings is 4. The minimum atomic E-state index is -0.404. The molecule has 3 nitrogen and oxygen atoms in total. The molecule has 38 heavy (non-hydrogen) atoms. The molecule has 0 aromatic heterocycles. The minimum absolute atomic E-state index is 0.0184. The fourth-order valence-corrected chi connectivity index (χ4v) is 6.29. The average Bonchev–Trinajstić information content (AvgIpc) is 3.27. The van der Waals surface area contributed by atoms with Crippen molar-refractivity contribution in [3.63, 3.8) is 0 Å². The van der Waals surface area contributed by atoms with Crippen LogP contribution >= 0.6 is 0 Å². The lowest BCUT2D eigenvalue weighted by Gasteiger charge is -2.32. The van der Waals surface area contributed by atoms with Gasteiger partial charge in [0.05, 0.1) is 11.2 Å². The van der Waals surface area contributed by atoms with E-state index in [1.807, 2.05) is 0 Å². The Hall–Kier alpha value is -3.34. The van der Waals surface area contributed by atoms with Gasteiger partial charge in [0.1, 0.15) is 12.4 Å². The molecule has 190 valence electrons. The zero-order valence-electron chi connectivity index (χ0n) is 23.0. The molecule has 0 unspecified atom stereocenters. The number of rotatable bonds is 2. The van der Waals surface area contributed by atoms with Gasteiger partial charge in [0.15, 0.2) is 0 Å². The Morgan fingerprint density at radius 2 is 1.24 bits per heavy atom. The van der Waals surface area contributed by atoms with Crippen molar-refractivity contribution in [2.24, 2.45) is 0 Å². The molecule has 4 heteroatoms. The van der Waals surface area contributed by atoms with Crippen LogP contribution in [-0.4, -0.2) is 18.3 Å². The molecule has 4 aromatic carbocycles. The lowest BCUT2D eigenvalue weighted by Crippen LogP contribution is -2.41. The first kappa shape index (κ1) is 23.8. The van der Waals surface area contributed by atoms with Gasteiger partial charge in [0.25, 0.3) is 0 Å². The van der Waals surface area contributed by atoms with Crippen molar-refractivity contribution in [2.75, 3.05) is 0 Å². The molecule has 1 aliphatic carbocycles. The van der Waals surface area contributed by atoms with E-state index in [2.05, 4.69) is 120 Å². The van der Waals surface area contributed by atoms with Crippen LogP contribution in [0, 0.1) is 0 Å². The Morgan fingerprint density at radius 1 is 0.605 bits per heavy atom. The number of ether oxygens (including phenoxy) is 1. The first-order valence-electron chi connectivity index (χ1n) is 13.6. The summed E-state index contributed by atoms with van der Waals surface area (Å²) < 4.78 is 19.1. The van der Waals surface area contributed by atoms with Crippen LogP contribution in [0.15, 0.2) is 78.9 Å². The van der Waals surface area contributed by atoms with Crippen LogP contribution in [0.5, 0.6) is 5.75 Å². The summed E-state index contributed by atoms with van der Waals surface area (Å²) in [6, 6.07) is 28.7. The molecule has 0 spiro atoms. The normalized spacial score (nSPS) is 19.3. The number of hydrogen-bond donors (Lipinski definition) is 0. The van der Waals surface area contributed by atoms with E-state index in [1.54, 1.807) is 0 Å². The third-order valence-electron chi connectivity index (χ3n) is 9.28. The maximum atomic E-state index is 6.39. The Balaban J connectivity index is 1.25. The van der Waals surface area contributed by atoms with Crippen molar-refractivity contribution in [3.05, 3.63) is 95.6 Å². The van der Waals surface area contributed by atoms with Crippen molar-refractivity contribution >= 4 is 12.6 Å². The van der Waals surface area contributed by atoms with Gasteiger partial charge in [-0.2, -0.15) is 0 Å². The summed E-state index contributed by atoms with van der Waals surface area (Å²) in [6.07, 6.45) is 0. The summed E-state index contributed by atoms with van der Waals surface area (Å²) in [7, 11) is -0.404. The van der Waals surface area contributed by atoms with Crippen LogP contribution in [0.3, 0.4) is 0 Å². The highest BCUT2D eigenvalue weighted by Gasteiger charge is 2.52. The Morgan fingerprint density at radius 3 is 2.00 bits per heavy atom. The van der Waals surface area contributed by atoms with Gasteiger partial charge in [-0.15, -0.1) is 0 Å². The quantitative estimate of drug-likeness (QED) is 0.267. The predicted octanol–water partition coefficient (Wildman–Crippen LogP) is 7.52. The van der Waals surface area contributed by atoms with E-state index in [9.17, 15) is 0 Å². The van der Waals surface area contributed by atoms with Crippen LogP contribution in [-0.2, 0) is 21.3 Å². The van der Waals surface area contributed by atoms with Crippen molar-refractivity contribution in [3.8, 4) is 39.1 Å². The SMILES string of the molecule is CC1(C)c2ccccc2-c2ccc(-c3ccc4c(c3)OCc3c(B5OC(C)(C)C(C)(C)O5)cccc3-4)cc21. The summed E-state index contributed by atoms with van der Waals surface area (Å²) in [6.45, 7) is 13.5. The van der Waals surface area contributed by atoms with E-state index in [0.29, 0.717) is 6.61 Å². The largest absolute Gasteiger partial charge is 0.495 e. The zero-order chi connectivity index (χ0) is 26.4. The van der Waals surface area contributed by atoms with E-state index in [4.69, 9.17) is 14.0 Å². The minimum Gasteiger partial charge on any atom is -0.488 e. The highest BCUT2D eigenvalue weighted by molar-refractivity contribution is 6.62. The molecule has 0 amide bonds. The van der Waals surface area contributed by atoms with Gasteiger partial charge in [-0.05, 0) is 89.8 Å². The molecule has 4 aromatic rings. The second kappa shape index (κ2) is 7.85. The second-order valence-electron chi connectivity index (χ2n) is 12.4. The summed E-state index contributed by atoms with van der Waals surface area (Å²) in [5, 5.41) is 0. The topological polar surface area (TPSA) is 27.7 Å². The van der Waals surface area contributed by atoms with E-state index in [1.165, 1.54) is 38.9 Å². The fraction of sp³-hybridized carbons (Fsp3) is 0.294. The molecular formula is C34H33BO3. The van der Waals surface area contributed by atoms with Gasteiger partial charge in [0, 0.05) is 11.0 Å². The smallest absolute Gasteiger partial charge is 0.488 e. The average molecular weight is 500 g/mol. The highest BCUT2D eigenvalue weighted by Crippen LogP contribution is 2.50. The third kappa shape index (κ3) is 3.30. The van der Waals surface area contributed by atoms with Gasteiger partial charge in [-0.1, -0.05) is 80.6 Å². The van der Waals surface area contributed by atoms with Crippen LogP contribution in [0.4, 0.5) is 0 Å². The molecule has 0 bridgehead atoms. The first-order valence-corrected chi connectivity index (χ1v) is 13.6. The monoisotopic (exact) mass is 500 g/mol. The van der Waals surface area contributed by atoms with E-state index in [0.717, 1.165) is 22.3 Å². The van der Waals surface area contributed by atoms with E-state index in [-0.39, 0.29) is 16.6 Å². The predicted molar refractivity (Wildman–Crippen MR) is 155 cm³/mol. The van der Waals surface area contributed by atoms with Crippen LogP contribution in [0.2, 0.25) is 0 Å². The summed E-state index contributed by atoms with van der Waals surface area (Å²) in [4.78, 5) is 0. The molecule has 0 atom stereocenters. The Kier molecular flexibility index (Phi) is 4.90. The molecule has 2 aliphatic heterocycles. The maximum absolute atomic E-state index is 6.39. The first-order chi connectivity index (χ1) is 18.1. The Bertz CT molecular complexity index is 1600. The molecule has 1 saturated heterocycles. The van der Waals surface area contributed by atoms with Crippen molar-refractivity contribution in [1.82, 2.24) is 0 Å². The maximum Gasteiger partial charge on any atom is 0.495 e. The molecule has 0 N–H and O–H groups in total. The fourth-order valence-electron chi connectivity index (χ4n) is 6.29. The Labute approximate surface area is 225 Å². The van der Waals surface area contributed by atoms with Gasteiger partial charge >= 0.3 is 7.12 Å². The van der Waals surface area contributed by atoms with E-state index < -0.39 is 7.12 Å². The molecule has 2 heterocycles.